The molecule has 0 radical (unpaired) electrons. The summed E-state index contributed by atoms with van der Waals surface area (Å²) in [5.41, 5.74) is 0.498. The Bertz CT molecular complexity index is 1360. The predicted octanol–water partition coefficient (Wildman–Crippen LogP) is 7.12. The second-order valence-electron chi connectivity index (χ2n) is 7.94. The lowest BCUT2D eigenvalue weighted by Gasteiger charge is -2.29. The molecule has 0 saturated carbocycles. The molecule has 4 rings (SSSR count). The number of alkyl halides is 4. The summed E-state index contributed by atoms with van der Waals surface area (Å²) < 4.78 is 65.9. The highest BCUT2D eigenvalue weighted by Crippen LogP contribution is 2.39. The molecule has 1 saturated heterocycles. The van der Waals surface area contributed by atoms with Gasteiger partial charge in [0.2, 0.25) is 0 Å². The van der Waals surface area contributed by atoms with Crippen molar-refractivity contribution in [3.8, 4) is 11.5 Å². The highest BCUT2D eigenvalue weighted by Gasteiger charge is 2.43. The summed E-state index contributed by atoms with van der Waals surface area (Å²) in [5, 5.41) is 3.01. The molecule has 3 aromatic rings. The standard InChI is InChI=1S/C25H17BrCl2F4N2O4/c26-16-3-1-2-14(9-16)25(15-5-7-21(18(28)10-15)38-23(31)32)12-36-24(34-25)33-19(11-35)13-4-6-20(17(27)8-13)37-22(29)30/h1-11,19,22-23H,12H2,(H,33,34). The van der Waals surface area contributed by atoms with Gasteiger partial charge in [0.05, 0.1) is 10.0 Å². The van der Waals surface area contributed by atoms with Crippen LogP contribution in [-0.2, 0) is 15.1 Å². The molecule has 1 N–H and O–H groups in total. The third-order valence-electron chi connectivity index (χ3n) is 5.60. The number of aliphatic imine (C=N–C) groups is 1. The molecule has 1 aliphatic heterocycles. The first-order valence-corrected chi connectivity index (χ1v) is 12.4. The van der Waals surface area contributed by atoms with E-state index in [4.69, 9.17) is 27.9 Å². The van der Waals surface area contributed by atoms with Gasteiger partial charge < -0.3 is 24.3 Å². The van der Waals surface area contributed by atoms with E-state index in [9.17, 15) is 22.4 Å². The fourth-order valence-electron chi connectivity index (χ4n) is 3.89. The SMILES string of the molecule is O=CC(N=C1NC(c2cccc(Br)c2)(c2ccc(OC(F)F)c(Cl)c2)CO1)c1ccc(OC(F)F)c(Cl)c1. The van der Waals surface area contributed by atoms with Gasteiger partial charge in [-0.15, -0.1) is 0 Å². The normalized spacial score (nSPS) is 18.8. The zero-order chi connectivity index (χ0) is 27.4. The van der Waals surface area contributed by atoms with Gasteiger partial charge in [0.25, 0.3) is 6.02 Å². The van der Waals surface area contributed by atoms with Crippen molar-refractivity contribution in [2.45, 2.75) is 24.8 Å². The zero-order valence-corrected chi connectivity index (χ0v) is 22.1. The number of nitrogens with zero attached hydrogens (tertiary/aromatic N) is 1. The fourth-order valence-corrected chi connectivity index (χ4v) is 4.75. The predicted molar refractivity (Wildman–Crippen MR) is 136 cm³/mol. The summed E-state index contributed by atoms with van der Waals surface area (Å²) in [6, 6.07) is 14.4. The van der Waals surface area contributed by atoms with Crippen molar-refractivity contribution < 1.29 is 36.6 Å². The Morgan fingerprint density at radius 3 is 2.16 bits per heavy atom. The van der Waals surface area contributed by atoms with Crippen LogP contribution in [0.1, 0.15) is 22.7 Å². The number of hydrogen-bond acceptors (Lipinski definition) is 5. The van der Waals surface area contributed by atoms with Gasteiger partial charge in [-0.2, -0.15) is 17.6 Å². The van der Waals surface area contributed by atoms with E-state index < -0.39 is 24.8 Å². The number of benzene rings is 3. The maximum Gasteiger partial charge on any atom is 0.387 e. The van der Waals surface area contributed by atoms with E-state index in [0.717, 1.165) is 10.0 Å². The first-order valence-electron chi connectivity index (χ1n) is 10.8. The number of halogens is 7. The van der Waals surface area contributed by atoms with E-state index in [0.29, 0.717) is 17.4 Å². The Labute approximate surface area is 232 Å². The van der Waals surface area contributed by atoms with Crippen molar-refractivity contribution in [1.82, 2.24) is 5.32 Å². The zero-order valence-electron chi connectivity index (χ0n) is 19.0. The largest absolute Gasteiger partial charge is 0.462 e. The maximum atomic E-state index is 12.7. The Kier molecular flexibility index (Phi) is 8.69. The molecule has 38 heavy (non-hydrogen) atoms. The average molecular weight is 636 g/mol. The summed E-state index contributed by atoms with van der Waals surface area (Å²) in [6.07, 6.45) is 0.532. The molecule has 3 aromatic carbocycles. The molecule has 0 bridgehead atoms. The van der Waals surface area contributed by atoms with Crippen LogP contribution in [0.3, 0.4) is 0 Å². The maximum absolute atomic E-state index is 12.7. The van der Waals surface area contributed by atoms with Crippen molar-refractivity contribution in [2.75, 3.05) is 6.61 Å². The summed E-state index contributed by atoms with van der Waals surface area (Å²) in [4.78, 5) is 16.2. The van der Waals surface area contributed by atoms with Gasteiger partial charge in [-0.05, 0) is 53.1 Å². The number of rotatable bonds is 9. The minimum atomic E-state index is -3.06. The number of carbonyl (C=O) groups excluding carboxylic acids is 1. The van der Waals surface area contributed by atoms with Gasteiger partial charge in [-0.1, -0.05) is 63.4 Å². The number of hydrogen-bond donors (Lipinski definition) is 1. The summed E-state index contributed by atoms with van der Waals surface area (Å²) in [6.45, 7) is -6.11. The molecule has 1 heterocycles. The van der Waals surface area contributed by atoms with Crippen LogP contribution < -0.4 is 14.8 Å². The quantitative estimate of drug-likeness (QED) is 0.200. The minimum absolute atomic E-state index is 0.00116. The van der Waals surface area contributed by atoms with Crippen LogP contribution in [0.15, 0.2) is 70.1 Å². The molecule has 2 unspecified atom stereocenters. The second-order valence-corrected chi connectivity index (χ2v) is 9.67. The summed E-state index contributed by atoms with van der Waals surface area (Å²) >= 11 is 15.7. The Hall–Kier alpha value is -3.02. The fraction of sp³-hybridized carbons (Fsp3) is 0.200. The molecule has 6 nitrogen and oxygen atoms in total. The van der Waals surface area contributed by atoms with Crippen LogP contribution in [-0.4, -0.2) is 32.1 Å². The van der Waals surface area contributed by atoms with Gasteiger partial charge in [0.15, 0.2) is 0 Å². The summed E-state index contributed by atoms with van der Waals surface area (Å²) in [7, 11) is 0. The second kappa shape index (κ2) is 11.8. The van der Waals surface area contributed by atoms with Crippen molar-refractivity contribution in [3.05, 3.63) is 91.9 Å². The van der Waals surface area contributed by atoms with Crippen molar-refractivity contribution in [1.29, 1.82) is 0 Å². The first-order chi connectivity index (χ1) is 18.1. The molecular formula is C25H17BrCl2F4N2O4. The van der Waals surface area contributed by atoms with Crippen LogP contribution in [0.2, 0.25) is 10.0 Å². The molecule has 13 heteroatoms. The van der Waals surface area contributed by atoms with Gasteiger partial charge in [0.1, 0.15) is 36.0 Å². The van der Waals surface area contributed by atoms with Crippen LogP contribution in [0, 0.1) is 0 Å². The van der Waals surface area contributed by atoms with E-state index >= 15 is 0 Å². The van der Waals surface area contributed by atoms with Crippen LogP contribution in [0.4, 0.5) is 17.6 Å². The third kappa shape index (κ3) is 6.16. The number of carbonyl (C=O) groups is 1. The first kappa shape index (κ1) is 28.0. The Morgan fingerprint density at radius 2 is 1.58 bits per heavy atom. The number of amidine groups is 1. The Morgan fingerprint density at radius 1 is 0.947 bits per heavy atom. The Balaban J connectivity index is 1.70. The molecule has 0 aliphatic carbocycles. The molecule has 0 aromatic heterocycles. The van der Waals surface area contributed by atoms with Gasteiger partial charge in [0, 0.05) is 4.47 Å². The monoisotopic (exact) mass is 634 g/mol. The molecule has 200 valence electrons. The van der Waals surface area contributed by atoms with E-state index in [2.05, 4.69) is 35.7 Å². The van der Waals surface area contributed by atoms with Crippen molar-refractivity contribution in [3.63, 3.8) is 0 Å². The van der Waals surface area contributed by atoms with Gasteiger partial charge in [-0.3, -0.25) is 0 Å². The lowest BCUT2D eigenvalue weighted by Crippen LogP contribution is -2.42. The van der Waals surface area contributed by atoms with Crippen LogP contribution in [0.5, 0.6) is 11.5 Å². The molecule has 0 amide bonds. The van der Waals surface area contributed by atoms with E-state index in [-0.39, 0.29) is 34.2 Å². The van der Waals surface area contributed by atoms with E-state index in [1.165, 1.54) is 30.3 Å². The highest BCUT2D eigenvalue weighted by molar-refractivity contribution is 9.10. The number of aldehydes is 1. The minimum Gasteiger partial charge on any atom is -0.462 e. The lowest BCUT2D eigenvalue weighted by atomic mass is 9.84. The topological polar surface area (TPSA) is 69.2 Å². The van der Waals surface area contributed by atoms with Crippen molar-refractivity contribution in [2.24, 2.45) is 4.99 Å². The smallest absolute Gasteiger partial charge is 0.387 e. The molecule has 1 aliphatic rings. The van der Waals surface area contributed by atoms with Crippen LogP contribution >= 0.6 is 39.1 Å². The third-order valence-corrected chi connectivity index (χ3v) is 6.69. The lowest BCUT2D eigenvalue weighted by molar-refractivity contribution is -0.109. The number of ether oxygens (including phenoxy) is 3. The van der Waals surface area contributed by atoms with E-state index in [1.54, 1.807) is 12.1 Å². The van der Waals surface area contributed by atoms with Gasteiger partial charge in [-0.25, -0.2) is 4.99 Å². The molecular weight excluding hydrogens is 619 g/mol. The molecule has 1 fully saturated rings. The van der Waals surface area contributed by atoms with Gasteiger partial charge >= 0.3 is 13.2 Å². The molecule has 0 spiro atoms. The van der Waals surface area contributed by atoms with Crippen LogP contribution in [0.25, 0.3) is 0 Å². The van der Waals surface area contributed by atoms with Crippen molar-refractivity contribution >= 4 is 51.4 Å². The van der Waals surface area contributed by atoms with E-state index in [1.807, 2.05) is 18.2 Å². The highest BCUT2D eigenvalue weighted by atomic mass is 79.9. The summed E-state index contributed by atoms with van der Waals surface area (Å²) in [5.74, 6) is -0.442. The number of nitrogens with one attached hydrogen (secondary N) is 1. The molecule has 2 atom stereocenters. The average Bonchev–Trinajstić information content (AvgIpc) is 3.30.